The van der Waals surface area contributed by atoms with Crippen molar-refractivity contribution in [1.29, 1.82) is 0 Å². The van der Waals surface area contributed by atoms with Gasteiger partial charge in [-0.15, -0.1) is 0 Å². The van der Waals surface area contributed by atoms with E-state index in [0.29, 0.717) is 18.3 Å². The predicted octanol–water partition coefficient (Wildman–Crippen LogP) is 1.79. The van der Waals surface area contributed by atoms with Crippen LogP contribution in [0, 0.1) is 10.1 Å². The van der Waals surface area contributed by atoms with Crippen LogP contribution in [-0.2, 0) is 6.54 Å². The highest BCUT2D eigenvalue weighted by Gasteiger charge is 2.20. The summed E-state index contributed by atoms with van der Waals surface area (Å²) in [5.41, 5.74) is 0.987. The van der Waals surface area contributed by atoms with Crippen molar-refractivity contribution in [3.63, 3.8) is 0 Å². The third-order valence-electron chi connectivity index (χ3n) is 3.78. The molecule has 0 saturated carbocycles. The number of piperidine rings is 1. The zero-order valence-electron chi connectivity index (χ0n) is 12.0. The van der Waals surface area contributed by atoms with Gasteiger partial charge in [-0.3, -0.25) is 15.0 Å². The first kappa shape index (κ1) is 14.7. The average molecular weight is 279 g/mol. The van der Waals surface area contributed by atoms with Crippen molar-refractivity contribution in [1.82, 2.24) is 10.2 Å². The Morgan fingerprint density at radius 2 is 2.35 bits per heavy atom. The summed E-state index contributed by atoms with van der Waals surface area (Å²) in [5, 5.41) is 14.2. The Hall–Kier alpha value is -1.66. The van der Waals surface area contributed by atoms with E-state index in [2.05, 4.69) is 10.2 Å². The van der Waals surface area contributed by atoms with E-state index in [4.69, 9.17) is 4.74 Å². The van der Waals surface area contributed by atoms with Gasteiger partial charge in [-0.2, -0.15) is 0 Å². The molecule has 6 heteroatoms. The Labute approximate surface area is 118 Å². The smallest absolute Gasteiger partial charge is 0.270 e. The molecule has 1 fully saturated rings. The van der Waals surface area contributed by atoms with Crippen molar-refractivity contribution < 1.29 is 9.66 Å². The molecule has 0 spiro atoms. The third-order valence-corrected chi connectivity index (χ3v) is 3.78. The van der Waals surface area contributed by atoms with Gasteiger partial charge in [0.05, 0.1) is 12.0 Å². The van der Waals surface area contributed by atoms with E-state index in [0.717, 1.165) is 25.1 Å². The highest BCUT2D eigenvalue weighted by molar-refractivity contribution is 5.43. The Morgan fingerprint density at radius 1 is 1.55 bits per heavy atom. The van der Waals surface area contributed by atoms with Crippen LogP contribution in [0.1, 0.15) is 18.4 Å². The number of benzene rings is 1. The summed E-state index contributed by atoms with van der Waals surface area (Å²) in [6.07, 6.45) is 2.32. The van der Waals surface area contributed by atoms with Crippen LogP contribution >= 0.6 is 0 Å². The molecule has 2 rings (SSSR count). The van der Waals surface area contributed by atoms with Crippen LogP contribution in [0.25, 0.3) is 0 Å². The first-order valence-electron chi connectivity index (χ1n) is 6.85. The molecular formula is C14H21N3O3. The number of nitro groups is 1. The van der Waals surface area contributed by atoms with Gasteiger partial charge in [0, 0.05) is 36.8 Å². The predicted molar refractivity (Wildman–Crippen MR) is 77.0 cm³/mol. The molecule has 0 amide bonds. The van der Waals surface area contributed by atoms with Gasteiger partial charge < -0.3 is 10.1 Å². The second kappa shape index (κ2) is 6.67. The summed E-state index contributed by atoms with van der Waals surface area (Å²) in [4.78, 5) is 12.8. The molecule has 1 aromatic carbocycles. The van der Waals surface area contributed by atoms with Crippen LogP contribution in [-0.4, -0.2) is 43.1 Å². The van der Waals surface area contributed by atoms with Crippen molar-refractivity contribution in [3.05, 3.63) is 33.9 Å². The fourth-order valence-corrected chi connectivity index (χ4v) is 2.68. The molecule has 1 unspecified atom stereocenters. The molecule has 0 bridgehead atoms. The zero-order valence-corrected chi connectivity index (χ0v) is 12.0. The number of hydrogen-bond donors (Lipinski definition) is 1. The standard InChI is InChI=1S/C14H21N3O3/c1-15-12-4-3-7-16(10-12)9-11-8-13(17(18)19)5-6-14(11)20-2/h5-6,8,12,15H,3-4,7,9-10H2,1-2H3. The number of rotatable bonds is 5. The molecule has 1 aliphatic rings. The minimum atomic E-state index is -0.366. The van der Waals surface area contributed by atoms with E-state index in [1.165, 1.54) is 12.5 Å². The first-order valence-corrected chi connectivity index (χ1v) is 6.85. The van der Waals surface area contributed by atoms with Crippen molar-refractivity contribution in [3.8, 4) is 5.75 Å². The molecule has 1 aliphatic heterocycles. The molecule has 1 saturated heterocycles. The number of non-ortho nitro benzene ring substituents is 1. The molecule has 1 N–H and O–H groups in total. The van der Waals surface area contributed by atoms with Crippen LogP contribution in [0.3, 0.4) is 0 Å². The lowest BCUT2D eigenvalue weighted by atomic mass is 10.0. The summed E-state index contributed by atoms with van der Waals surface area (Å²) in [5.74, 6) is 0.710. The van der Waals surface area contributed by atoms with Gasteiger partial charge in [0.2, 0.25) is 0 Å². The van der Waals surface area contributed by atoms with E-state index in [-0.39, 0.29) is 10.6 Å². The SMILES string of the molecule is CNC1CCCN(Cc2cc([N+](=O)[O-])ccc2OC)C1. The van der Waals surface area contributed by atoms with Crippen molar-refractivity contribution >= 4 is 5.69 Å². The first-order chi connectivity index (χ1) is 9.63. The van der Waals surface area contributed by atoms with Gasteiger partial charge in [0.1, 0.15) is 5.75 Å². The second-order valence-electron chi connectivity index (χ2n) is 5.12. The van der Waals surface area contributed by atoms with E-state index in [1.807, 2.05) is 7.05 Å². The fourth-order valence-electron chi connectivity index (χ4n) is 2.68. The molecule has 0 radical (unpaired) electrons. The number of ether oxygens (including phenoxy) is 1. The van der Waals surface area contributed by atoms with Crippen LogP contribution in [0.4, 0.5) is 5.69 Å². The third kappa shape index (κ3) is 3.46. The molecule has 20 heavy (non-hydrogen) atoms. The lowest BCUT2D eigenvalue weighted by Crippen LogP contribution is -2.43. The summed E-state index contributed by atoms with van der Waals surface area (Å²) in [6, 6.07) is 5.26. The molecule has 0 aromatic heterocycles. The number of likely N-dealkylation sites (N-methyl/N-ethyl adjacent to an activating group) is 1. The number of nitrogens with one attached hydrogen (secondary N) is 1. The van der Waals surface area contributed by atoms with Gasteiger partial charge in [-0.25, -0.2) is 0 Å². The maximum Gasteiger partial charge on any atom is 0.270 e. The van der Waals surface area contributed by atoms with Gasteiger partial charge in [0.15, 0.2) is 0 Å². The summed E-state index contributed by atoms with van der Waals surface area (Å²) >= 11 is 0. The maximum absolute atomic E-state index is 10.9. The Bertz CT molecular complexity index is 479. The highest BCUT2D eigenvalue weighted by atomic mass is 16.6. The highest BCUT2D eigenvalue weighted by Crippen LogP contribution is 2.26. The second-order valence-corrected chi connectivity index (χ2v) is 5.12. The summed E-state index contributed by atoms with van der Waals surface area (Å²) in [7, 11) is 3.57. The summed E-state index contributed by atoms with van der Waals surface area (Å²) in [6.45, 7) is 2.66. The molecule has 110 valence electrons. The summed E-state index contributed by atoms with van der Waals surface area (Å²) < 4.78 is 5.31. The monoisotopic (exact) mass is 279 g/mol. The van der Waals surface area contributed by atoms with Crippen molar-refractivity contribution in [2.75, 3.05) is 27.2 Å². The van der Waals surface area contributed by atoms with E-state index < -0.39 is 0 Å². The lowest BCUT2D eigenvalue weighted by molar-refractivity contribution is -0.385. The number of hydrogen-bond acceptors (Lipinski definition) is 5. The normalized spacial score (nSPS) is 19.8. The minimum Gasteiger partial charge on any atom is -0.496 e. The van der Waals surface area contributed by atoms with Crippen molar-refractivity contribution in [2.24, 2.45) is 0 Å². The molecule has 1 heterocycles. The molecular weight excluding hydrogens is 258 g/mol. The van der Waals surface area contributed by atoms with Crippen LogP contribution in [0.2, 0.25) is 0 Å². The minimum absolute atomic E-state index is 0.114. The Morgan fingerprint density at radius 3 is 3.00 bits per heavy atom. The van der Waals surface area contributed by atoms with E-state index in [1.54, 1.807) is 19.2 Å². The largest absolute Gasteiger partial charge is 0.496 e. The number of nitro benzene ring substituents is 1. The zero-order chi connectivity index (χ0) is 14.5. The Balaban J connectivity index is 2.14. The van der Waals surface area contributed by atoms with Gasteiger partial charge in [-0.1, -0.05) is 0 Å². The quantitative estimate of drug-likeness (QED) is 0.657. The Kier molecular flexibility index (Phi) is 4.92. The molecule has 1 aromatic rings. The van der Waals surface area contributed by atoms with Crippen LogP contribution in [0.5, 0.6) is 5.75 Å². The van der Waals surface area contributed by atoms with Gasteiger partial charge in [-0.05, 0) is 32.5 Å². The average Bonchev–Trinajstić information content (AvgIpc) is 2.47. The van der Waals surface area contributed by atoms with E-state index >= 15 is 0 Å². The van der Waals surface area contributed by atoms with Crippen LogP contribution in [0.15, 0.2) is 18.2 Å². The van der Waals surface area contributed by atoms with Gasteiger partial charge in [0.25, 0.3) is 5.69 Å². The fraction of sp³-hybridized carbons (Fsp3) is 0.571. The van der Waals surface area contributed by atoms with Crippen molar-refractivity contribution in [2.45, 2.75) is 25.4 Å². The number of nitrogens with zero attached hydrogens (tertiary/aromatic N) is 2. The topological polar surface area (TPSA) is 67.6 Å². The molecule has 1 atom stereocenters. The number of methoxy groups -OCH3 is 1. The maximum atomic E-state index is 10.9. The van der Waals surface area contributed by atoms with Crippen LogP contribution < -0.4 is 10.1 Å². The van der Waals surface area contributed by atoms with E-state index in [9.17, 15) is 10.1 Å². The molecule has 6 nitrogen and oxygen atoms in total. The number of likely N-dealkylation sites (tertiary alicyclic amines) is 1. The molecule has 0 aliphatic carbocycles. The van der Waals surface area contributed by atoms with Gasteiger partial charge >= 0.3 is 0 Å². The lowest BCUT2D eigenvalue weighted by Gasteiger charge is -2.32.